The highest BCUT2D eigenvalue weighted by Crippen LogP contribution is 2.66. The minimum atomic E-state index is -1.09. The molecule has 1 aliphatic rings. The molecular weight excluding hydrogens is 341 g/mol. The number of alkyl halides is 2. The maximum atomic E-state index is 6.94. The van der Waals surface area contributed by atoms with Gasteiger partial charge in [-0.3, -0.25) is 4.90 Å². The predicted octanol–water partition coefficient (Wildman–Crippen LogP) is 5.43. The average Bonchev–Trinajstić information content (AvgIpc) is 2.56. The van der Waals surface area contributed by atoms with Gasteiger partial charge < -0.3 is 4.74 Å². The van der Waals surface area contributed by atoms with E-state index in [0.717, 1.165) is 11.1 Å². The van der Waals surface area contributed by atoms with Gasteiger partial charge in [0, 0.05) is 18.7 Å². The number of rotatable bonds is 4. The summed E-state index contributed by atoms with van der Waals surface area (Å²) in [5.41, 5.74) is 2.41. The molecule has 2 atom stereocenters. The van der Waals surface area contributed by atoms with E-state index in [-0.39, 0.29) is 12.1 Å². The van der Waals surface area contributed by atoms with E-state index in [0.29, 0.717) is 0 Å². The Kier molecular flexibility index (Phi) is 4.69. The summed E-state index contributed by atoms with van der Waals surface area (Å²) in [7, 11) is 1.67. The number of ether oxygens (including phenoxy) is 1. The molecule has 2 nitrogen and oxygen atoms in total. The molecule has 0 unspecified atom stereocenters. The third kappa shape index (κ3) is 2.40. The van der Waals surface area contributed by atoms with E-state index in [4.69, 9.17) is 27.9 Å². The fourth-order valence-electron chi connectivity index (χ4n) is 3.79. The second-order valence-electron chi connectivity index (χ2n) is 6.65. The van der Waals surface area contributed by atoms with Crippen LogP contribution in [-0.4, -0.2) is 22.4 Å². The van der Waals surface area contributed by atoms with Crippen LogP contribution in [0.1, 0.15) is 36.6 Å². The Bertz CT molecular complexity index is 699. The first kappa shape index (κ1) is 17.8. The first-order valence-corrected chi connectivity index (χ1v) is 8.95. The largest absolute Gasteiger partial charge is 0.356 e. The Morgan fingerprint density at radius 2 is 1.58 bits per heavy atom. The van der Waals surface area contributed by atoms with Gasteiger partial charge in [0.2, 0.25) is 0 Å². The van der Waals surface area contributed by atoms with Crippen LogP contribution >= 0.6 is 23.2 Å². The summed E-state index contributed by atoms with van der Waals surface area (Å²) in [6.45, 7) is 6.35. The van der Waals surface area contributed by atoms with Crippen molar-refractivity contribution < 1.29 is 4.74 Å². The molecule has 0 amide bonds. The van der Waals surface area contributed by atoms with E-state index in [1.807, 2.05) is 30.3 Å². The Morgan fingerprint density at radius 1 is 1.00 bits per heavy atom. The molecule has 0 N–H and O–H groups in total. The van der Waals surface area contributed by atoms with E-state index >= 15 is 0 Å². The number of likely N-dealkylation sites (tertiary alicyclic amines) is 1. The minimum absolute atomic E-state index is 0.137. The monoisotopic (exact) mass is 363 g/mol. The summed E-state index contributed by atoms with van der Waals surface area (Å²) in [6, 6.07) is 18.4. The van der Waals surface area contributed by atoms with Crippen LogP contribution in [0.25, 0.3) is 0 Å². The second-order valence-corrected chi connectivity index (χ2v) is 8.04. The summed E-state index contributed by atoms with van der Waals surface area (Å²) in [5, 5.41) is 0. The van der Waals surface area contributed by atoms with Gasteiger partial charge in [-0.05, 0) is 26.3 Å². The molecule has 2 aromatic rings. The first-order valence-electron chi connectivity index (χ1n) is 8.19. The van der Waals surface area contributed by atoms with Gasteiger partial charge >= 0.3 is 0 Å². The van der Waals surface area contributed by atoms with Crippen molar-refractivity contribution in [3.8, 4) is 0 Å². The molecule has 2 aromatic carbocycles. The molecule has 0 bridgehead atoms. The topological polar surface area (TPSA) is 12.5 Å². The smallest absolute Gasteiger partial charge is 0.184 e. The quantitative estimate of drug-likeness (QED) is 0.671. The highest BCUT2D eigenvalue weighted by Gasteiger charge is 2.72. The van der Waals surface area contributed by atoms with Gasteiger partial charge in [0.1, 0.15) is 0 Å². The molecule has 4 heteroatoms. The molecule has 0 radical (unpaired) electrons. The number of halogens is 2. The van der Waals surface area contributed by atoms with Crippen molar-refractivity contribution >= 4 is 23.2 Å². The molecule has 128 valence electrons. The van der Waals surface area contributed by atoms with Crippen molar-refractivity contribution in [2.75, 3.05) is 7.11 Å². The van der Waals surface area contributed by atoms with Crippen LogP contribution in [0.3, 0.4) is 0 Å². The number of aryl methyl sites for hydroxylation is 1. The number of nitrogens with zero attached hydrogens (tertiary/aromatic N) is 1. The highest BCUT2D eigenvalue weighted by atomic mass is 35.5. The Balaban J connectivity index is 2.13. The maximum Gasteiger partial charge on any atom is 0.184 e. The van der Waals surface area contributed by atoms with E-state index < -0.39 is 10.1 Å². The van der Waals surface area contributed by atoms with E-state index in [9.17, 15) is 0 Å². The van der Waals surface area contributed by atoms with Crippen molar-refractivity contribution in [1.82, 2.24) is 4.90 Å². The van der Waals surface area contributed by atoms with E-state index in [1.165, 1.54) is 5.56 Å². The highest BCUT2D eigenvalue weighted by molar-refractivity contribution is 6.50. The number of hydrogen-bond acceptors (Lipinski definition) is 2. The van der Waals surface area contributed by atoms with Crippen molar-refractivity contribution in [1.29, 1.82) is 0 Å². The van der Waals surface area contributed by atoms with Gasteiger partial charge in [-0.1, -0.05) is 83.4 Å². The van der Waals surface area contributed by atoms with Crippen LogP contribution in [0, 0.1) is 6.92 Å². The number of benzene rings is 2. The van der Waals surface area contributed by atoms with Crippen LogP contribution in [0.5, 0.6) is 0 Å². The zero-order valence-corrected chi connectivity index (χ0v) is 16.0. The van der Waals surface area contributed by atoms with Crippen molar-refractivity contribution in [3.05, 3.63) is 71.3 Å². The predicted molar refractivity (Wildman–Crippen MR) is 100 cm³/mol. The number of methoxy groups -OCH3 is 1. The summed E-state index contributed by atoms with van der Waals surface area (Å²) < 4.78 is 4.89. The standard InChI is InChI=1S/C20H23Cl2NO/c1-14(2)23-18(16-12-10-15(3)11-13-16)19(21,22)20(23,24-4)17-8-6-5-7-9-17/h5-14,18H,1-4H3/t18-,20-/m0/s1. The van der Waals surface area contributed by atoms with Crippen molar-refractivity contribution in [2.24, 2.45) is 0 Å². The van der Waals surface area contributed by atoms with Gasteiger partial charge in [0.25, 0.3) is 0 Å². The van der Waals surface area contributed by atoms with E-state index in [1.54, 1.807) is 7.11 Å². The number of hydrogen-bond donors (Lipinski definition) is 0. The molecule has 24 heavy (non-hydrogen) atoms. The minimum Gasteiger partial charge on any atom is -0.356 e. The van der Waals surface area contributed by atoms with Crippen LogP contribution in [0.4, 0.5) is 0 Å². The fraction of sp³-hybridized carbons (Fsp3) is 0.400. The molecule has 0 aliphatic carbocycles. The van der Waals surface area contributed by atoms with Gasteiger partial charge in [0.15, 0.2) is 10.1 Å². The Hall–Kier alpha value is -1.06. The third-order valence-corrected chi connectivity index (χ3v) is 5.77. The van der Waals surface area contributed by atoms with Gasteiger partial charge in [-0.2, -0.15) is 0 Å². The van der Waals surface area contributed by atoms with Gasteiger partial charge in [0.05, 0.1) is 6.04 Å². The molecule has 1 aliphatic heterocycles. The summed E-state index contributed by atoms with van der Waals surface area (Å²) in [5.74, 6) is 0. The normalized spacial score (nSPS) is 26.4. The Morgan fingerprint density at radius 3 is 2.08 bits per heavy atom. The van der Waals surface area contributed by atoms with Crippen LogP contribution in [0.15, 0.2) is 54.6 Å². The molecule has 0 saturated carbocycles. The molecular formula is C20H23Cl2NO. The van der Waals surface area contributed by atoms with Crippen LogP contribution in [-0.2, 0) is 10.5 Å². The summed E-state index contributed by atoms with van der Waals surface area (Å²) in [6.07, 6.45) is 0. The van der Waals surface area contributed by atoms with E-state index in [2.05, 4.69) is 49.9 Å². The zero-order chi connectivity index (χ0) is 17.5. The SMILES string of the molecule is CO[C@]1(c2ccccc2)N(C(C)C)[C@@H](c2ccc(C)cc2)C1(Cl)Cl. The van der Waals surface area contributed by atoms with Gasteiger partial charge in [-0.25, -0.2) is 0 Å². The summed E-state index contributed by atoms with van der Waals surface area (Å²) in [4.78, 5) is 2.26. The lowest BCUT2D eigenvalue weighted by atomic mass is 9.77. The maximum absolute atomic E-state index is 6.94. The van der Waals surface area contributed by atoms with Crippen LogP contribution in [0.2, 0.25) is 0 Å². The molecule has 3 rings (SSSR count). The second kappa shape index (κ2) is 6.34. The van der Waals surface area contributed by atoms with Crippen LogP contribution < -0.4 is 0 Å². The molecule has 1 fully saturated rings. The fourth-order valence-corrected chi connectivity index (χ4v) is 4.82. The van der Waals surface area contributed by atoms with Crippen molar-refractivity contribution in [3.63, 3.8) is 0 Å². The lowest BCUT2D eigenvalue weighted by Gasteiger charge is -2.66. The molecule has 0 aromatic heterocycles. The zero-order valence-electron chi connectivity index (χ0n) is 14.5. The molecule has 0 spiro atoms. The first-order chi connectivity index (χ1) is 11.4. The third-order valence-electron chi connectivity index (χ3n) is 4.85. The van der Waals surface area contributed by atoms with Gasteiger partial charge in [-0.15, -0.1) is 0 Å². The molecule has 1 heterocycles. The molecule has 1 saturated heterocycles. The lowest BCUT2D eigenvalue weighted by Crippen LogP contribution is -2.75. The summed E-state index contributed by atoms with van der Waals surface area (Å²) >= 11 is 13.9. The average molecular weight is 364 g/mol. The Labute approximate surface area is 154 Å². The lowest BCUT2D eigenvalue weighted by molar-refractivity contribution is -0.267. The van der Waals surface area contributed by atoms with Crippen molar-refractivity contribution in [2.45, 2.75) is 42.9 Å².